The molecule has 0 bridgehead atoms. The zero-order valence-corrected chi connectivity index (χ0v) is 19.3. The van der Waals surface area contributed by atoms with Gasteiger partial charge in [-0.2, -0.15) is 10.2 Å². The number of fused-ring (bicyclic) bond motifs is 2. The molecule has 0 aliphatic carbocycles. The Labute approximate surface area is 193 Å². The largest absolute Gasteiger partial charge is 0.379 e. The Morgan fingerprint density at radius 3 is 2.85 bits per heavy atom. The van der Waals surface area contributed by atoms with Gasteiger partial charge in [0.05, 0.1) is 25.4 Å². The van der Waals surface area contributed by atoms with Crippen molar-refractivity contribution in [2.24, 2.45) is 7.05 Å². The topological polar surface area (TPSA) is 68.4 Å². The zero-order chi connectivity index (χ0) is 22.5. The van der Waals surface area contributed by atoms with Gasteiger partial charge in [0.1, 0.15) is 0 Å². The third-order valence-electron chi connectivity index (χ3n) is 7.42. The van der Waals surface area contributed by atoms with Crippen LogP contribution in [-0.4, -0.2) is 57.2 Å². The second-order valence-electron chi connectivity index (χ2n) is 9.55. The molecule has 1 aromatic carbocycles. The third-order valence-corrected chi connectivity index (χ3v) is 7.42. The molecule has 3 aliphatic heterocycles. The van der Waals surface area contributed by atoms with E-state index in [1.54, 1.807) is 0 Å². The molecule has 0 N–H and O–H groups in total. The normalized spacial score (nSPS) is 22.4. The van der Waals surface area contributed by atoms with E-state index >= 15 is 0 Å². The van der Waals surface area contributed by atoms with Crippen LogP contribution in [0.25, 0.3) is 11.1 Å². The molecule has 33 heavy (non-hydrogen) atoms. The fourth-order valence-corrected chi connectivity index (χ4v) is 5.54. The average Bonchev–Trinajstić information content (AvgIpc) is 3.59. The van der Waals surface area contributed by atoms with E-state index in [9.17, 15) is 4.79 Å². The van der Waals surface area contributed by atoms with Crippen LogP contribution in [0.5, 0.6) is 0 Å². The monoisotopic (exact) mass is 446 g/mol. The van der Waals surface area contributed by atoms with E-state index < -0.39 is 0 Å². The molecular weight excluding hydrogens is 416 g/mol. The molecule has 2 atom stereocenters. The molecule has 2 aromatic heterocycles. The van der Waals surface area contributed by atoms with E-state index in [1.807, 2.05) is 22.8 Å². The van der Waals surface area contributed by atoms with Crippen molar-refractivity contribution in [1.29, 1.82) is 0 Å². The van der Waals surface area contributed by atoms with E-state index in [0.717, 1.165) is 56.8 Å². The highest BCUT2D eigenvalue weighted by Crippen LogP contribution is 2.43. The molecule has 8 heteroatoms. The number of aryl methyl sites for hydroxylation is 1. The van der Waals surface area contributed by atoms with Gasteiger partial charge < -0.3 is 14.5 Å². The maximum Gasteiger partial charge on any atom is 0.210 e. The first kappa shape index (κ1) is 20.5. The van der Waals surface area contributed by atoms with Crippen LogP contribution in [0.1, 0.15) is 48.5 Å². The molecule has 0 spiro atoms. The fourth-order valence-electron chi connectivity index (χ4n) is 5.54. The van der Waals surface area contributed by atoms with Crippen molar-refractivity contribution in [2.75, 3.05) is 31.2 Å². The van der Waals surface area contributed by atoms with E-state index in [4.69, 9.17) is 9.84 Å². The van der Waals surface area contributed by atoms with E-state index in [2.05, 4.69) is 46.0 Å². The summed E-state index contributed by atoms with van der Waals surface area (Å²) in [5.74, 6) is 1.48. The van der Waals surface area contributed by atoms with Crippen LogP contribution < -0.4 is 4.90 Å². The Balaban J connectivity index is 1.44. The van der Waals surface area contributed by atoms with Crippen molar-refractivity contribution in [2.45, 2.75) is 44.7 Å². The number of carbonyl (C=O) groups is 1. The lowest BCUT2D eigenvalue weighted by atomic mass is 9.89. The molecule has 0 radical (unpaired) electrons. The van der Waals surface area contributed by atoms with Crippen molar-refractivity contribution in [3.8, 4) is 11.1 Å². The number of ether oxygens (including phenoxy) is 1. The quantitative estimate of drug-likeness (QED) is 0.575. The highest BCUT2D eigenvalue weighted by Gasteiger charge is 2.34. The second kappa shape index (κ2) is 8.02. The molecule has 8 nitrogen and oxygen atoms in total. The van der Waals surface area contributed by atoms with Gasteiger partial charge in [0.25, 0.3) is 0 Å². The summed E-state index contributed by atoms with van der Waals surface area (Å²) < 4.78 is 9.73. The number of hydrogen-bond donors (Lipinski definition) is 0. The predicted molar refractivity (Wildman–Crippen MR) is 126 cm³/mol. The summed E-state index contributed by atoms with van der Waals surface area (Å²) in [5, 5.41) is 9.52. The van der Waals surface area contributed by atoms with Gasteiger partial charge >= 0.3 is 0 Å². The summed E-state index contributed by atoms with van der Waals surface area (Å²) in [6.45, 7) is 6.10. The van der Waals surface area contributed by atoms with Crippen LogP contribution in [0, 0.1) is 0 Å². The van der Waals surface area contributed by atoms with Gasteiger partial charge in [-0.05, 0) is 42.0 Å². The standard InChI is InChI=1S/C25H30N6O2/c1-17-5-9-30(23-4-3-18(11-21(17)23)19-12-26-28(2)13-19)25-22-14-29(16-32)8-6-24(22)31(27-25)20-7-10-33-15-20/h3-4,11-13,16-17,20H,5-10,14-15H2,1-2H3. The minimum Gasteiger partial charge on any atom is -0.379 e. The summed E-state index contributed by atoms with van der Waals surface area (Å²) in [7, 11) is 1.95. The van der Waals surface area contributed by atoms with Crippen molar-refractivity contribution in [1.82, 2.24) is 24.5 Å². The van der Waals surface area contributed by atoms with Gasteiger partial charge in [-0.25, -0.2) is 0 Å². The molecular formula is C25H30N6O2. The maximum absolute atomic E-state index is 11.6. The summed E-state index contributed by atoms with van der Waals surface area (Å²) in [5.41, 5.74) is 7.35. The van der Waals surface area contributed by atoms with Crippen LogP contribution >= 0.6 is 0 Å². The average molecular weight is 447 g/mol. The van der Waals surface area contributed by atoms with Gasteiger partial charge in [-0.3, -0.25) is 14.2 Å². The zero-order valence-electron chi connectivity index (χ0n) is 19.3. The molecule has 1 fully saturated rings. The number of aromatic nitrogens is 4. The lowest BCUT2D eigenvalue weighted by molar-refractivity contribution is -0.118. The smallest absolute Gasteiger partial charge is 0.210 e. The van der Waals surface area contributed by atoms with Crippen molar-refractivity contribution in [3.05, 3.63) is 47.4 Å². The second-order valence-corrected chi connectivity index (χ2v) is 9.55. The Bertz CT molecular complexity index is 1190. The number of rotatable bonds is 4. The highest BCUT2D eigenvalue weighted by molar-refractivity contribution is 5.74. The van der Waals surface area contributed by atoms with Crippen LogP contribution in [0.3, 0.4) is 0 Å². The lowest BCUT2D eigenvalue weighted by Crippen LogP contribution is -2.32. The van der Waals surface area contributed by atoms with Gasteiger partial charge in [0.2, 0.25) is 6.41 Å². The molecule has 6 rings (SSSR count). The van der Waals surface area contributed by atoms with E-state index in [1.165, 1.54) is 28.1 Å². The van der Waals surface area contributed by atoms with Crippen LogP contribution in [0.4, 0.5) is 11.5 Å². The number of hydrogen-bond acceptors (Lipinski definition) is 5. The number of amides is 1. The minimum absolute atomic E-state index is 0.284. The van der Waals surface area contributed by atoms with Crippen molar-refractivity contribution >= 4 is 17.9 Å². The molecule has 3 aliphatic rings. The fraction of sp³-hybridized carbons (Fsp3) is 0.480. The Morgan fingerprint density at radius 2 is 2.09 bits per heavy atom. The highest BCUT2D eigenvalue weighted by atomic mass is 16.5. The van der Waals surface area contributed by atoms with Gasteiger partial charge in [-0.1, -0.05) is 13.0 Å². The Kier molecular flexibility index (Phi) is 4.98. The number of nitrogens with zero attached hydrogens (tertiary/aromatic N) is 6. The summed E-state index contributed by atoms with van der Waals surface area (Å²) >= 11 is 0. The Morgan fingerprint density at radius 1 is 1.18 bits per heavy atom. The molecule has 5 heterocycles. The van der Waals surface area contributed by atoms with Crippen molar-refractivity contribution < 1.29 is 9.53 Å². The number of carbonyl (C=O) groups excluding carboxylic acids is 1. The molecule has 172 valence electrons. The molecule has 1 saturated heterocycles. The predicted octanol–water partition coefficient (Wildman–Crippen LogP) is 3.40. The van der Waals surface area contributed by atoms with Crippen LogP contribution in [0.2, 0.25) is 0 Å². The van der Waals surface area contributed by atoms with Crippen LogP contribution in [-0.2, 0) is 29.5 Å². The maximum atomic E-state index is 11.6. The first-order chi connectivity index (χ1) is 16.1. The van der Waals surface area contributed by atoms with Gasteiger partial charge in [0.15, 0.2) is 5.82 Å². The van der Waals surface area contributed by atoms with E-state index in [0.29, 0.717) is 19.1 Å². The SMILES string of the molecule is CC1CCN(c2nn(C3CCOC3)c3c2CN(C=O)CC3)c2ccc(-c3cnn(C)c3)cc21. The number of benzene rings is 1. The van der Waals surface area contributed by atoms with Crippen molar-refractivity contribution in [3.63, 3.8) is 0 Å². The first-order valence-electron chi connectivity index (χ1n) is 11.9. The van der Waals surface area contributed by atoms with Gasteiger partial charge in [0, 0.05) is 61.9 Å². The summed E-state index contributed by atoms with van der Waals surface area (Å²) in [4.78, 5) is 15.8. The summed E-state index contributed by atoms with van der Waals surface area (Å²) in [6.07, 6.45) is 7.84. The van der Waals surface area contributed by atoms with Gasteiger partial charge in [-0.15, -0.1) is 0 Å². The molecule has 2 unspecified atom stereocenters. The third kappa shape index (κ3) is 3.44. The van der Waals surface area contributed by atoms with Crippen LogP contribution in [0.15, 0.2) is 30.6 Å². The molecule has 1 amide bonds. The molecule has 3 aromatic rings. The molecule has 0 saturated carbocycles. The lowest BCUT2D eigenvalue weighted by Gasteiger charge is -2.35. The Hall–Kier alpha value is -3.13. The first-order valence-corrected chi connectivity index (χ1v) is 11.9. The van der Waals surface area contributed by atoms with E-state index in [-0.39, 0.29) is 6.04 Å². The number of anilines is 2. The summed E-state index contributed by atoms with van der Waals surface area (Å²) in [6, 6.07) is 7.02. The minimum atomic E-state index is 0.284.